The molecule has 12 heavy (non-hydrogen) atoms. The number of carboxylic acids is 1. The highest BCUT2D eigenvalue weighted by molar-refractivity contribution is 5.73. The Kier molecular flexibility index (Phi) is 2.66. The van der Waals surface area contributed by atoms with E-state index in [-0.39, 0.29) is 13.0 Å². The quantitative estimate of drug-likeness (QED) is 0.452. The van der Waals surface area contributed by atoms with Gasteiger partial charge in [0.15, 0.2) is 0 Å². The van der Waals surface area contributed by atoms with Gasteiger partial charge in [-0.1, -0.05) is 0 Å². The van der Waals surface area contributed by atoms with Crippen molar-refractivity contribution in [1.29, 1.82) is 0 Å². The van der Waals surface area contributed by atoms with Crippen LogP contribution in [0.15, 0.2) is 0 Å². The van der Waals surface area contributed by atoms with E-state index in [1.54, 1.807) is 7.05 Å². The van der Waals surface area contributed by atoms with E-state index >= 15 is 0 Å². The molecule has 1 rings (SSSR count). The Morgan fingerprint density at radius 2 is 2.00 bits per heavy atom. The lowest BCUT2D eigenvalue weighted by Gasteiger charge is -2.35. The van der Waals surface area contributed by atoms with Gasteiger partial charge in [0.25, 0.3) is 0 Å². The second kappa shape index (κ2) is 3.38. The fraction of sp³-hybridized carbons (Fsp3) is 0.857. The van der Waals surface area contributed by atoms with Gasteiger partial charge in [-0.15, -0.1) is 0 Å². The highest BCUT2D eigenvalue weighted by Gasteiger charge is 2.35. The summed E-state index contributed by atoms with van der Waals surface area (Å²) in [5.41, 5.74) is 0. The maximum absolute atomic E-state index is 10.6. The van der Waals surface area contributed by atoms with Gasteiger partial charge in [-0.25, -0.2) is 0 Å². The molecular formula is C7H13NO4. The average Bonchev–Trinajstić information content (AvgIpc) is 1.96. The summed E-state index contributed by atoms with van der Waals surface area (Å²) in [6, 6.07) is -0.677. The Labute approximate surface area is 70.2 Å². The predicted octanol–water partition coefficient (Wildman–Crippen LogP) is -1.50. The Morgan fingerprint density at radius 3 is 2.50 bits per heavy atom. The van der Waals surface area contributed by atoms with Gasteiger partial charge in [-0.2, -0.15) is 0 Å². The van der Waals surface area contributed by atoms with E-state index in [9.17, 15) is 9.90 Å². The van der Waals surface area contributed by atoms with Crippen molar-refractivity contribution in [2.75, 3.05) is 13.6 Å². The fourth-order valence-electron chi connectivity index (χ4n) is 1.40. The maximum Gasteiger partial charge on any atom is 0.321 e. The zero-order valence-corrected chi connectivity index (χ0v) is 6.84. The van der Waals surface area contributed by atoms with E-state index in [0.29, 0.717) is 0 Å². The van der Waals surface area contributed by atoms with Crippen molar-refractivity contribution in [1.82, 2.24) is 4.90 Å². The lowest BCUT2D eigenvalue weighted by molar-refractivity contribution is -0.149. The molecule has 0 aromatic rings. The minimum Gasteiger partial charge on any atom is -0.480 e. The third-order valence-corrected chi connectivity index (χ3v) is 2.20. The molecule has 70 valence electrons. The first-order chi connectivity index (χ1) is 5.52. The Bertz CT molecular complexity index is 184. The van der Waals surface area contributed by atoms with Crippen LogP contribution < -0.4 is 0 Å². The molecule has 1 aliphatic rings. The number of likely N-dealkylation sites (N-methyl/N-ethyl adjacent to an activating group) is 1. The van der Waals surface area contributed by atoms with E-state index in [4.69, 9.17) is 10.2 Å². The Morgan fingerprint density at radius 1 is 1.42 bits per heavy atom. The maximum atomic E-state index is 10.6. The van der Waals surface area contributed by atoms with Gasteiger partial charge in [0, 0.05) is 13.0 Å². The first-order valence-electron chi connectivity index (χ1n) is 3.81. The molecular weight excluding hydrogens is 162 g/mol. The highest BCUT2D eigenvalue weighted by atomic mass is 16.4. The summed E-state index contributed by atoms with van der Waals surface area (Å²) in [6.45, 7) is 0.206. The van der Waals surface area contributed by atoms with Gasteiger partial charge < -0.3 is 15.3 Å². The van der Waals surface area contributed by atoms with Crippen molar-refractivity contribution in [2.45, 2.75) is 24.7 Å². The number of rotatable bonds is 1. The van der Waals surface area contributed by atoms with Crippen LogP contribution in [0.5, 0.6) is 0 Å². The predicted molar refractivity (Wildman–Crippen MR) is 40.7 cm³/mol. The first-order valence-corrected chi connectivity index (χ1v) is 3.81. The number of nitrogens with zero attached hydrogens (tertiary/aromatic N) is 1. The van der Waals surface area contributed by atoms with Crippen LogP contribution in [0.2, 0.25) is 0 Å². The summed E-state index contributed by atoms with van der Waals surface area (Å²) in [7, 11) is 1.62. The SMILES string of the molecule is CN1CC(O)C(O)CC1C(=O)O. The Hall–Kier alpha value is -0.650. The normalized spacial score (nSPS) is 38.1. The van der Waals surface area contributed by atoms with Crippen LogP contribution in [0.4, 0.5) is 0 Å². The van der Waals surface area contributed by atoms with Crippen LogP contribution in [-0.4, -0.2) is 58.0 Å². The molecule has 1 fully saturated rings. The molecule has 1 saturated heterocycles. The fourth-order valence-corrected chi connectivity index (χ4v) is 1.40. The lowest BCUT2D eigenvalue weighted by Crippen LogP contribution is -2.53. The topological polar surface area (TPSA) is 81.0 Å². The number of β-amino-alcohol motifs (C(OH)–C–C–N with tert-alkyl or cyclic N) is 1. The number of likely N-dealkylation sites (tertiary alicyclic amines) is 1. The molecule has 0 aromatic carbocycles. The Balaban J connectivity index is 2.61. The minimum absolute atomic E-state index is 0.0903. The number of hydrogen-bond acceptors (Lipinski definition) is 4. The van der Waals surface area contributed by atoms with Crippen LogP contribution in [0.3, 0.4) is 0 Å². The molecule has 1 aliphatic heterocycles. The average molecular weight is 175 g/mol. The monoisotopic (exact) mass is 175 g/mol. The summed E-state index contributed by atoms with van der Waals surface area (Å²) in [4.78, 5) is 12.1. The molecule has 0 aliphatic carbocycles. The van der Waals surface area contributed by atoms with Crippen molar-refractivity contribution >= 4 is 5.97 Å². The van der Waals surface area contributed by atoms with Gasteiger partial charge in [0.1, 0.15) is 6.04 Å². The lowest BCUT2D eigenvalue weighted by atomic mass is 9.98. The molecule has 5 heteroatoms. The number of aliphatic carboxylic acids is 1. The molecule has 3 N–H and O–H groups in total. The van der Waals surface area contributed by atoms with Crippen LogP contribution in [-0.2, 0) is 4.79 Å². The summed E-state index contributed by atoms with van der Waals surface area (Å²) < 4.78 is 0. The standard InChI is InChI=1S/C7H13NO4/c1-8-3-6(10)5(9)2-4(8)7(11)12/h4-6,9-10H,2-3H2,1H3,(H,11,12). The molecule has 3 unspecified atom stereocenters. The second-order valence-electron chi connectivity index (χ2n) is 3.16. The number of carboxylic acid groups (broad SMARTS) is 1. The molecule has 0 radical (unpaired) electrons. The number of hydrogen-bond donors (Lipinski definition) is 3. The molecule has 0 aromatic heterocycles. The van der Waals surface area contributed by atoms with Gasteiger partial charge in [-0.3, -0.25) is 9.69 Å². The number of piperidine rings is 1. The van der Waals surface area contributed by atoms with E-state index in [1.165, 1.54) is 4.90 Å². The third-order valence-electron chi connectivity index (χ3n) is 2.20. The van der Waals surface area contributed by atoms with Gasteiger partial charge in [0.2, 0.25) is 0 Å². The second-order valence-corrected chi connectivity index (χ2v) is 3.16. The molecule has 5 nitrogen and oxygen atoms in total. The minimum atomic E-state index is -0.955. The van der Waals surface area contributed by atoms with Gasteiger partial charge in [-0.05, 0) is 7.05 Å². The number of carbonyl (C=O) groups is 1. The van der Waals surface area contributed by atoms with Crippen LogP contribution in [0.25, 0.3) is 0 Å². The number of aliphatic hydroxyl groups excluding tert-OH is 2. The summed E-state index contributed by atoms with van der Waals surface area (Å²) in [5.74, 6) is -0.955. The number of aliphatic hydroxyl groups is 2. The summed E-state index contributed by atoms with van der Waals surface area (Å²) >= 11 is 0. The third kappa shape index (κ3) is 1.74. The molecule has 0 bridgehead atoms. The van der Waals surface area contributed by atoms with E-state index in [1.807, 2.05) is 0 Å². The van der Waals surface area contributed by atoms with Crippen LogP contribution in [0, 0.1) is 0 Å². The van der Waals surface area contributed by atoms with E-state index in [0.717, 1.165) is 0 Å². The van der Waals surface area contributed by atoms with Gasteiger partial charge in [0.05, 0.1) is 12.2 Å². The van der Waals surface area contributed by atoms with Crippen LogP contribution in [0.1, 0.15) is 6.42 Å². The van der Waals surface area contributed by atoms with Crippen LogP contribution >= 0.6 is 0 Å². The smallest absolute Gasteiger partial charge is 0.321 e. The van der Waals surface area contributed by atoms with Crippen molar-refractivity contribution < 1.29 is 20.1 Å². The molecule has 0 spiro atoms. The van der Waals surface area contributed by atoms with Crippen molar-refractivity contribution in [2.24, 2.45) is 0 Å². The molecule has 0 saturated carbocycles. The van der Waals surface area contributed by atoms with Crippen molar-refractivity contribution in [3.05, 3.63) is 0 Å². The zero-order chi connectivity index (χ0) is 9.30. The summed E-state index contributed by atoms with van der Waals surface area (Å²) in [5, 5.41) is 27.0. The van der Waals surface area contributed by atoms with Crippen molar-refractivity contribution in [3.8, 4) is 0 Å². The first kappa shape index (κ1) is 9.44. The van der Waals surface area contributed by atoms with E-state index in [2.05, 4.69) is 0 Å². The highest BCUT2D eigenvalue weighted by Crippen LogP contribution is 2.16. The molecule has 1 heterocycles. The van der Waals surface area contributed by atoms with Gasteiger partial charge >= 0.3 is 5.97 Å². The molecule has 3 atom stereocenters. The summed E-state index contributed by atoms with van der Waals surface area (Å²) in [6.07, 6.45) is -1.65. The van der Waals surface area contributed by atoms with Crippen molar-refractivity contribution in [3.63, 3.8) is 0 Å². The zero-order valence-electron chi connectivity index (χ0n) is 6.84. The van der Waals surface area contributed by atoms with E-state index < -0.39 is 24.2 Å². The largest absolute Gasteiger partial charge is 0.480 e. The molecule has 0 amide bonds.